The minimum atomic E-state index is -1.39. The van der Waals surface area contributed by atoms with E-state index in [2.05, 4.69) is 10.6 Å². The highest BCUT2D eigenvalue weighted by Gasteiger charge is 2.24. The number of carbonyl (C=O) groups excluding carboxylic acids is 2. The fraction of sp³-hybridized carbons (Fsp3) is 0.786. The lowest BCUT2D eigenvalue weighted by Gasteiger charge is -2.16. The summed E-state index contributed by atoms with van der Waals surface area (Å²) in [5, 5.41) is 40.3. The summed E-state index contributed by atoms with van der Waals surface area (Å²) in [6.45, 7) is 0. The zero-order valence-corrected chi connectivity index (χ0v) is 23.5. The summed E-state index contributed by atoms with van der Waals surface area (Å²) in [5.74, 6) is -5.75. The predicted molar refractivity (Wildman–Crippen MR) is 147 cm³/mol. The van der Waals surface area contributed by atoms with Crippen LogP contribution >= 0.6 is 0 Å². The minimum Gasteiger partial charge on any atom is -0.481 e. The fourth-order valence-corrected chi connectivity index (χ4v) is 4.27. The molecule has 2 amide bonds. The summed E-state index contributed by atoms with van der Waals surface area (Å²) >= 11 is 0. The van der Waals surface area contributed by atoms with Crippen LogP contribution in [0.1, 0.15) is 128 Å². The van der Waals surface area contributed by atoms with Crippen LogP contribution in [-0.2, 0) is 28.8 Å². The summed E-state index contributed by atoms with van der Waals surface area (Å²) in [4.78, 5) is 67.9. The first-order valence-electron chi connectivity index (χ1n) is 14.5. The highest BCUT2D eigenvalue weighted by Crippen LogP contribution is 2.14. The van der Waals surface area contributed by atoms with Crippen molar-refractivity contribution in [2.75, 3.05) is 0 Å². The van der Waals surface area contributed by atoms with Gasteiger partial charge in [0.1, 0.15) is 12.1 Å². The topological polar surface area (TPSA) is 207 Å². The second-order valence-corrected chi connectivity index (χ2v) is 10.2. The van der Waals surface area contributed by atoms with Crippen LogP contribution in [0.5, 0.6) is 0 Å². The second-order valence-electron chi connectivity index (χ2n) is 10.2. The van der Waals surface area contributed by atoms with Gasteiger partial charge in [0, 0.05) is 25.7 Å². The Bertz CT molecular complexity index is 787. The van der Waals surface area contributed by atoms with Crippen molar-refractivity contribution in [3.63, 3.8) is 0 Å². The molecule has 0 aromatic rings. The van der Waals surface area contributed by atoms with E-state index in [0.29, 0.717) is 6.42 Å². The van der Waals surface area contributed by atoms with Crippen LogP contribution in [0.25, 0.3) is 0 Å². The lowest BCUT2D eigenvalue weighted by Crippen LogP contribution is -2.44. The van der Waals surface area contributed by atoms with E-state index in [1.165, 1.54) is 38.5 Å². The Hall–Kier alpha value is -3.18. The third-order valence-electron chi connectivity index (χ3n) is 6.62. The predicted octanol–water partition coefficient (Wildman–Crippen LogP) is 4.10. The number of amides is 2. The monoisotopic (exact) mass is 572 g/mol. The van der Waals surface area contributed by atoms with E-state index >= 15 is 0 Å². The number of aliphatic carboxylic acids is 4. The third-order valence-corrected chi connectivity index (χ3v) is 6.62. The van der Waals surface area contributed by atoms with Crippen molar-refractivity contribution < 1.29 is 49.2 Å². The van der Waals surface area contributed by atoms with Gasteiger partial charge in [-0.1, -0.05) is 77.0 Å². The summed E-state index contributed by atoms with van der Waals surface area (Å²) in [6.07, 6.45) is 13.9. The highest BCUT2D eigenvalue weighted by molar-refractivity contribution is 5.86. The minimum absolute atomic E-state index is 0.183. The van der Waals surface area contributed by atoms with E-state index in [9.17, 15) is 33.9 Å². The maximum Gasteiger partial charge on any atom is 0.326 e. The molecule has 0 heterocycles. The molecule has 0 bridgehead atoms. The maximum atomic E-state index is 12.1. The molecule has 12 nitrogen and oxygen atoms in total. The smallest absolute Gasteiger partial charge is 0.326 e. The van der Waals surface area contributed by atoms with E-state index in [1.54, 1.807) is 0 Å². The Morgan fingerprint density at radius 1 is 0.400 bits per heavy atom. The number of carbonyl (C=O) groups is 6. The van der Waals surface area contributed by atoms with E-state index in [0.717, 1.165) is 44.9 Å². The number of hydrogen-bond acceptors (Lipinski definition) is 6. The van der Waals surface area contributed by atoms with Gasteiger partial charge >= 0.3 is 23.9 Å². The molecule has 0 rings (SSSR count). The number of hydrogen-bond donors (Lipinski definition) is 6. The van der Waals surface area contributed by atoms with Crippen molar-refractivity contribution in [2.24, 2.45) is 0 Å². The summed E-state index contributed by atoms with van der Waals surface area (Å²) in [5.41, 5.74) is 0. The van der Waals surface area contributed by atoms with Crippen molar-refractivity contribution in [3.8, 4) is 0 Å². The molecule has 0 aliphatic rings. The molecular weight excluding hydrogens is 524 g/mol. The average molecular weight is 573 g/mol. The van der Waals surface area contributed by atoms with Crippen LogP contribution < -0.4 is 10.6 Å². The molecule has 0 saturated heterocycles. The van der Waals surface area contributed by atoms with E-state index in [4.69, 9.17) is 15.3 Å². The standard InChI is InChI=1S/C28H48N2O10/c31-23(15-13-11-9-7-5-3-1-2-4-6-8-10-12-14-16-25(33)34)29-21(27(37)38)17-19-24(32)30-22(28(39)40)18-20-26(35)36/h21-22H,1-20H2,(H,29,31)(H,30,32)(H,33,34)(H,35,36)(H,37,38)(H,39,40)/t21-,22-/m0/s1. The van der Waals surface area contributed by atoms with E-state index in [-0.39, 0.29) is 32.1 Å². The maximum absolute atomic E-state index is 12.1. The van der Waals surface area contributed by atoms with Gasteiger partial charge in [0.15, 0.2) is 0 Å². The molecule has 0 radical (unpaired) electrons. The number of carboxylic acids is 4. The largest absolute Gasteiger partial charge is 0.481 e. The normalized spacial score (nSPS) is 12.3. The summed E-state index contributed by atoms with van der Waals surface area (Å²) in [7, 11) is 0. The molecule has 2 atom stereocenters. The van der Waals surface area contributed by atoms with Crippen molar-refractivity contribution in [2.45, 2.75) is 141 Å². The Labute approximate surface area is 236 Å². The van der Waals surface area contributed by atoms with Crippen LogP contribution in [0.15, 0.2) is 0 Å². The van der Waals surface area contributed by atoms with Crippen LogP contribution in [0.2, 0.25) is 0 Å². The van der Waals surface area contributed by atoms with Gasteiger partial charge in [-0.3, -0.25) is 19.2 Å². The van der Waals surface area contributed by atoms with Gasteiger partial charge in [0.25, 0.3) is 0 Å². The van der Waals surface area contributed by atoms with Gasteiger partial charge in [-0.2, -0.15) is 0 Å². The Morgan fingerprint density at radius 2 is 0.700 bits per heavy atom. The molecule has 230 valence electrons. The lowest BCUT2D eigenvalue weighted by atomic mass is 10.0. The van der Waals surface area contributed by atoms with Crippen LogP contribution in [-0.4, -0.2) is 68.2 Å². The molecule has 12 heteroatoms. The Kier molecular flexibility index (Phi) is 21.8. The number of unbranched alkanes of at least 4 members (excludes halogenated alkanes) is 13. The molecule has 0 aliphatic carbocycles. The Balaban J connectivity index is 3.87. The van der Waals surface area contributed by atoms with Gasteiger partial charge in [-0.25, -0.2) is 9.59 Å². The average Bonchev–Trinajstić information content (AvgIpc) is 2.87. The number of rotatable bonds is 27. The zero-order chi connectivity index (χ0) is 30.2. The first-order chi connectivity index (χ1) is 19.0. The fourth-order valence-electron chi connectivity index (χ4n) is 4.27. The molecule has 40 heavy (non-hydrogen) atoms. The molecule has 6 N–H and O–H groups in total. The van der Waals surface area contributed by atoms with Crippen molar-refractivity contribution >= 4 is 35.7 Å². The summed E-state index contributed by atoms with van der Waals surface area (Å²) < 4.78 is 0. The molecule has 0 fully saturated rings. The molecule has 0 unspecified atom stereocenters. The van der Waals surface area contributed by atoms with Gasteiger partial charge in [0.05, 0.1) is 0 Å². The summed E-state index contributed by atoms with van der Waals surface area (Å²) in [6, 6.07) is -2.67. The zero-order valence-electron chi connectivity index (χ0n) is 23.5. The molecular formula is C28H48N2O10. The third kappa shape index (κ3) is 22.8. The van der Waals surface area contributed by atoms with Crippen LogP contribution in [0, 0.1) is 0 Å². The number of nitrogens with one attached hydrogen (secondary N) is 2. The first-order valence-corrected chi connectivity index (χ1v) is 14.5. The SMILES string of the molecule is O=C(O)CCCCCCCCCCCCCCCCC(=O)N[C@@H](CCC(=O)N[C@@H](CCC(=O)O)C(=O)O)C(=O)O. The van der Waals surface area contributed by atoms with E-state index < -0.39 is 54.2 Å². The molecule has 0 aliphatic heterocycles. The second kappa shape index (κ2) is 23.7. The number of carboxylic acid groups (broad SMARTS) is 4. The van der Waals surface area contributed by atoms with Gasteiger partial charge in [0.2, 0.25) is 11.8 Å². The Morgan fingerprint density at radius 3 is 1.05 bits per heavy atom. The van der Waals surface area contributed by atoms with Gasteiger partial charge in [-0.05, 0) is 25.7 Å². The van der Waals surface area contributed by atoms with Crippen molar-refractivity contribution in [3.05, 3.63) is 0 Å². The van der Waals surface area contributed by atoms with Gasteiger partial charge < -0.3 is 31.1 Å². The molecule has 0 saturated carbocycles. The van der Waals surface area contributed by atoms with E-state index in [1.807, 2.05) is 0 Å². The van der Waals surface area contributed by atoms with Crippen LogP contribution in [0.4, 0.5) is 0 Å². The first kappa shape index (κ1) is 36.8. The van der Waals surface area contributed by atoms with Gasteiger partial charge in [-0.15, -0.1) is 0 Å². The lowest BCUT2D eigenvalue weighted by molar-refractivity contribution is -0.144. The molecule has 0 aromatic carbocycles. The van der Waals surface area contributed by atoms with Crippen LogP contribution in [0.3, 0.4) is 0 Å². The molecule has 0 spiro atoms. The quantitative estimate of drug-likeness (QED) is 0.0776. The van der Waals surface area contributed by atoms with Crippen molar-refractivity contribution in [1.82, 2.24) is 10.6 Å². The van der Waals surface area contributed by atoms with Crippen molar-refractivity contribution in [1.29, 1.82) is 0 Å². The highest BCUT2D eigenvalue weighted by atomic mass is 16.4. The molecule has 0 aromatic heterocycles.